The summed E-state index contributed by atoms with van der Waals surface area (Å²) >= 11 is 1.71. The van der Waals surface area contributed by atoms with Crippen molar-refractivity contribution in [3.8, 4) is 5.75 Å². The van der Waals surface area contributed by atoms with Crippen molar-refractivity contribution in [3.05, 3.63) is 82.6 Å². The highest BCUT2D eigenvalue weighted by Crippen LogP contribution is 2.17. The summed E-state index contributed by atoms with van der Waals surface area (Å²) in [6, 6.07) is 18.3. The highest BCUT2D eigenvalue weighted by molar-refractivity contribution is 7.90. The Morgan fingerprint density at radius 2 is 1.74 bits per heavy atom. The number of thiophene rings is 1. The minimum atomic E-state index is -3.84. The smallest absolute Gasteiger partial charge is 0.264 e. The van der Waals surface area contributed by atoms with Gasteiger partial charge in [0.25, 0.3) is 10.0 Å². The first-order chi connectivity index (χ1) is 16.3. The molecule has 6 nitrogen and oxygen atoms in total. The van der Waals surface area contributed by atoms with Crippen molar-refractivity contribution >= 4 is 27.3 Å². The first-order valence-electron chi connectivity index (χ1n) is 11.4. The van der Waals surface area contributed by atoms with E-state index in [1.54, 1.807) is 29.5 Å². The average molecular weight is 501 g/mol. The summed E-state index contributed by atoms with van der Waals surface area (Å²) in [4.78, 5) is 12.2. The van der Waals surface area contributed by atoms with Gasteiger partial charge in [-0.2, -0.15) is 11.3 Å². The molecule has 3 rings (SSSR count). The monoisotopic (exact) mass is 500 g/mol. The zero-order valence-electron chi connectivity index (χ0n) is 19.6. The van der Waals surface area contributed by atoms with E-state index in [-0.39, 0.29) is 17.4 Å². The third-order valence-corrected chi connectivity index (χ3v) is 7.60. The van der Waals surface area contributed by atoms with Gasteiger partial charge >= 0.3 is 0 Å². The molecule has 1 heterocycles. The summed E-state index contributed by atoms with van der Waals surface area (Å²) in [5.41, 5.74) is 2.57. The topological polar surface area (TPSA) is 84.5 Å². The summed E-state index contributed by atoms with van der Waals surface area (Å²) in [6.45, 7) is 5.15. The van der Waals surface area contributed by atoms with Crippen LogP contribution < -0.4 is 14.8 Å². The normalized spacial score (nSPS) is 12.4. The number of ether oxygens (including phenoxy) is 1. The molecule has 1 atom stereocenters. The van der Waals surface area contributed by atoms with E-state index in [4.69, 9.17) is 4.74 Å². The molecular formula is C26H32N2O4S2. The maximum Gasteiger partial charge on any atom is 0.264 e. The van der Waals surface area contributed by atoms with Crippen molar-refractivity contribution in [3.63, 3.8) is 0 Å². The van der Waals surface area contributed by atoms with Crippen molar-refractivity contribution in [2.45, 2.75) is 44.0 Å². The van der Waals surface area contributed by atoms with Crippen LogP contribution in [0.1, 0.15) is 37.8 Å². The Labute approximate surface area is 206 Å². The first kappa shape index (κ1) is 25.9. The Morgan fingerprint density at radius 1 is 1.00 bits per heavy atom. The molecule has 0 bridgehead atoms. The third kappa shape index (κ3) is 8.27. The molecule has 1 amide bonds. The zero-order chi connectivity index (χ0) is 24.4. The SMILES string of the molecule is CC(C)C(CCOc1ccc(Cc2ccsc2)cc1)NCCC(=O)NS(=O)(=O)c1ccccc1. The van der Waals surface area contributed by atoms with E-state index in [9.17, 15) is 13.2 Å². The molecule has 0 spiro atoms. The summed E-state index contributed by atoms with van der Waals surface area (Å²) in [7, 11) is -3.84. The number of benzene rings is 2. The molecule has 34 heavy (non-hydrogen) atoms. The third-order valence-electron chi connectivity index (χ3n) is 5.47. The second-order valence-electron chi connectivity index (χ2n) is 8.49. The van der Waals surface area contributed by atoms with Gasteiger partial charge in [-0.3, -0.25) is 4.79 Å². The van der Waals surface area contributed by atoms with E-state index < -0.39 is 15.9 Å². The molecule has 182 valence electrons. The Hall–Kier alpha value is -2.68. The average Bonchev–Trinajstić information content (AvgIpc) is 3.32. The van der Waals surface area contributed by atoms with Crippen LogP contribution in [0.5, 0.6) is 5.75 Å². The van der Waals surface area contributed by atoms with E-state index >= 15 is 0 Å². The van der Waals surface area contributed by atoms with E-state index in [1.165, 1.54) is 23.3 Å². The maximum absolute atomic E-state index is 12.3. The van der Waals surface area contributed by atoms with Crippen LogP contribution in [0.4, 0.5) is 0 Å². The van der Waals surface area contributed by atoms with E-state index in [1.807, 2.05) is 12.1 Å². The number of hydrogen-bond acceptors (Lipinski definition) is 6. The number of carbonyl (C=O) groups is 1. The molecule has 8 heteroatoms. The van der Waals surface area contributed by atoms with Crippen molar-refractivity contribution < 1.29 is 17.9 Å². The van der Waals surface area contributed by atoms with Crippen LogP contribution in [0.3, 0.4) is 0 Å². The zero-order valence-corrected chi connectivity index (χ0v) is 21.2. The van der Waals surface area contributed by atoms with Gasteiger partial charge in [0, 0.05) is 19.0 Å². The lowest BCUT2D eigenvalue weighted by Gasteiger charge is -2.22. The molecule has 1 aromatic heterocycles. The second-order valence-corrected chi connectivity index (χ2v) is 10.9. The van der Waals surface area contributed by atoms with Crippen molar-refractivity contribution in [2.24, 2.45) is 5.92 Å². The maximum atomic E-state index is 12.3. The van der Waals surface area contributed by atoms with Crippen molar-refractivity contribution in [1.82, 2.24) is 10.0 Å². The fraction of sp³-hybridized carbons (Fsp3) is 0.346. The molecular weight excluding hydrogens is 468 g/mol. The van der Waals surface area contributed by atoms with Crippen LogP contribution in [0.25, 0.3) is 0 Å². The molecule has 1 unspecified atom stereocenters. The van der Waals surface area contributed by atoms with Gasteiger partial charge in [0.1, 0.15) is 5.75 Å². The summed E-state index contributed by atoms with van der Waals surface area (Å²) < 4.78 is 32.6. The molecule has 2 N–H and O–H groups in total. The van der Waals surface area contributed by atoms with E-state index in [2.05, 4.69) is 52.8 Å². The van der Waals surface area contributed by atoms with Gasteiger partial charge in [0.2, 0.25) is 5.91 Å². The van der Waals surface area contributed by atoms with Crippen LogP contribution in [0.15, 0.2) is 76.3 Å². The fourth-order valence-corrected chi connectivity index (χ4v) is 5.24. The quantitative estimate of drug-likeness (QED) is 0.358. The Balaban J connectivity index is 1.39. The van der Waals surface area contributed by atoms with Crippen LogP contribution in [-0.2, 0) is 21.2 Å². The summed E-state index contributed by atoms with van der Waals surface area (Å²) in [5.74, 6) is 0.646. The molecule has 0 saturated heterocycles. The summed E-state index contributed by atoms with van der Waals surface area (Å²) in [6.07, 6.45) is 1.77. The fourth-order valence-electron chi connectivity index (χ4n) is 3.54. The Kier molecular flexibility index (Phi) is 9.68. The van der Waals surface area contributed by atoms with Gasteiger partial charge in [-0.05, 0) is 71.0 Å². The van der Waals surface area contributed by atoms with Crippen molar-refractivity contribution in [1.29, 1.82) is 0 Å². The Morgan fingerprint density at radius 3 is 2.38 bits per heavy atom. The first-order valence-corrected chi connectivity index (χ1v) is 13.8. The number of rotatable bonds is 13. The lowest BCUT2D eigenvalue weighted by molar-refractivity contribution is -0.119. The van der Waals surface area contributed by atoms with Crippen LogP contribution in [0.2, 0.25) is 0 Å². The molecule has 0 aliphatic carbocycles. The minimum Gasteiger partial charge on any atom is -0.494 e. The van der Waals surface area contributed by atoms with Gasteiger partial charge in [0.05, 0.1) is 11.5 Å². The number of carbonyl (C=O) groups excluding carboxylic acids is 1. The predicted octanol–water partition coefficient (Wildman–Crippen LogP) is 4.62. The number of nitrogens with one attached hydrogen (secondary N) is 2. The van der Waals surface area contributed by atoms with Gasteiger partial charge in [-0.1, -0.05) is 44.2 Å². The van der Waals surface area contributed by atoms with Crippen LogP contribution in [0, 0.1) is 5.92 Å². The molecule has 0 aliphatic heterocycles. The number of sulfonamides is 1. The minimum absolute atomic E-state index is 0.0712. The largest absolute Gasteiger partial charge is 0.494 e. The highest BCUT2D eigenvalue weighted by Gasteiger charge is 2.18. The van der Waals surface area contributed by atoms with E-state index in [0.717, 1.165) is 18.6 Å². The molecule has 0 fully saturated rings. The van der Waals surface area contributed by atoms with Gasteiger partial charge in [-0.25, -0.2) is 13.1 Å². The summed E-state index contributed by atoms with van der Waals surface area (Å²) in [5, 5.41) is 7.61. The predicted molar refractivity (Wildman–Crippen MR) is 137 cm³/mol. The number of amides is 1. The second kappa shape index (κ2) is 12.7. The van der Waals surface area contributed by atoms with E-state index in [0.29, 0.717) is 19.1 Å². The lowest BCUT2D eigenvalue weighted by Crippen LogP contribution is -2.38. The highest BCUT2D eigenvalue weighted by atomic mass is 32.2. The van der Waals surface area contributed by atoms with Crippen LogP contribution >= 0.6 is 11.3 Å². The molecule has 0 radical (unpaired) electrons. The van der Waals surface area contributed by atoms with Gasteiger partial charge in [0.15, 0.2) is 0 Å². The molecule has 2 aromatic carbocycles. The van der Waals surface area contributed by atoms with Gasteiger partial charge < -0.3 is 10.1 Å². The molecule has 0 aliphatic rings. The molecule has 0 saturated carbocycles. The Bertz CT molecular complexity index is 1110. The van der Waals surface area contributed by atoms with Gasteiger partial charge in [-0.15, -0.1) is 0 Å². The number of hydrogen-bond donors (Lipinski definition) is 2. The van der Waals surface area contributed by atoms with Crippen molar-refractivity contribution in [2.75, 3.05) is 13.2 Å². The lowest BCUT2D eigenvalue weighted by atomic mass is 10.0. The van der Waals surface area contributed by atoms with Crippen LogP contribution in [-0.4, -0.2) is 33.5 Å². The standard InChI is InChI=1S/C26H32N2O4S2/c1-20(2)25(27-15-12-26(29)28-34(30,31)24-6-4-3-5-7-24)13-16-32-23-10-8-21(9-11-23)18-22-14-17-33-19-22/h3-11,14,17,19-20,25,27H,12-13,15-16,18H2,1-2H3,(H,28,29). The molecule has 3 aromatic rings.